The van der Waals surface area contributed by atoms with Crippen molar-refractivity contribution in [1.29, 1.82) is 0 Å². The number of hydrogen-bond acceptors (Lipinski definition) is 6. The second kappa shape index (κ2) is 14.9. The van der Waals surface area contributed by atoms with Crippen LogP contribution in [0, 0.1) is 0 Å². The highest BCUT2D eigenvalue weighted by molar-refractivity contribution is 6.02. The Labute approximate surface area is 270 Å². The second-order valence-corrected chi connectivity index (χ2v) is 11.8. The number of carbonyl (C=O) groups is 4. The molecule has 4 amide bonds. The highest BCUT2D eigenvalue weighted by Crippen LogP contribution is 2.24. The molecule has 0 aromatic heterocycles. The Bertz CT molecular complexity index is 1570. The number of methoxy groups -OCH3 is 1. The largest absolute Gasteiger partial charge is 0.378 e. The molecule has 2 aliphatic heterocycles. The summed E-state index contributed by atoms with van der Waals surface area (Å²) in [6.45, 7) is 1.08. The summed E-state index contributed by atoms with van der Waals surface area (Å²) in [5, 5.41) is 5.90. The van der Waals surface area contributed by atoms with Crippen LogP contribution < -0.4 is 15.5 Å². The molecule has 0 unspecified atom stereocenters. The van der Waals surface area contributed by atoms with Gasteiger partial charge in [0.05, 0.1) is 0 Å². The summed E-state index contributed by atoms with van der Waals surface area (Å²) in [7, 11) is 5.37. The van der Waals surface area contributed by atoms with Crippen LogP contribution in [0.1, 0.15) is 47.2 Å². The minimum atomic E-state index is -0.511. The molecular weight excluding hydrogens is 582 g/mol. The smallest absolute Gasteiger partial charge is 0.254 e. The van der Waals surface area contributed by atoms with Crippen LogP contribution in [-0.2, 0) is 19.1 Å². The molecule has 2 heterocycles. The van der Waals surface area contributed by atoms with Crippen LogP contribution in [-0.4, -0.2) is 86.4 Å². The zero-order valence-corrected chi connectivity index (χ0v) is 26.6. The normalized spacial score (nSPS) is 17.7. The fourth-order valence-electron chi connectivity index (χ4n) is 5.89. The predicted molar refractivity (Wildman–Crippen MR) is 181 cm³/mol. The SMILES string of the molecule is COCC(=O)N1CCC[C@H]1C(=O)Nc1ccc(C=Cc2ccc(NC(=O)[C@@H]3CCCN3C(=O)c3ccc(N(C)C)cc3)cc2)cc1. The molecule has 0 spiro atoms. The van der Waals surface area contributed by atoms with Gasteiger partial charge in [0.25, 0.3) is 5.91 Å². The van der Waals surface area contributed by atoms with Crippen LogP contribution in [0.15, 0.2) is 72.8 Å². The Morgan fingerprint density at radius 3 is 1.70 bits per heavy atom. The maximum absolute atomic E-state index is 13.2. The molecule has 10 nitrogen and oxygen atoms in total. The first-order valence-electron chi connectivity index (χ1n) is 15.6. The average molecular weight is 624 g/mol. The van der Waals surface area contributed by atoms with Crippen LogP contribution in [0.4, 0.5) is 17.1 Å². The van der Waals surface area contributed by atoms with Gasteiger partial charge in [-0.1, -0.05) is 36.4 Å². The summed E-state index contributed by atoms with van der Waals surface area (Å²) in [5.41, 5.74) is 4.83. The van der Waals surface area contributed by atoms with Gasteiger partial charge in [0, 0.05) is 56.9 Å². The lowest BCUT2D eigenvalue weighted by atomic mass is 10.1. The molecule has 3 aromatic carbocycles. The Morgan fingerprint density at radius 2 is 1.22 bits per heavy atom. The molecule has 46 heavy (non-hydrogen) atoms. The number of amides is 4. The first kappa shape index (κ1) is 32.4. The van der Waals surface area contributed by atoms with Gasteiger partial charge in [0.15, 0.2) is 0 Å². The van der Waals surface area contributed by atoms with Crippen molar-refractivity contribution in [3.8, 4) is 0 Å². The van der Waals surface area contributed by atoms with Gasteiger partial charge in [0.2, 0.25) is 17.7 Å². The minimum Gasteiger partial charge on any atom is -0.378 e. The molecule has 2 aliphatic rings. The third-order valence-electron chi connectivity index (χ3n) is 8.42. The summed E-state index contributed by atoms with van der Waals surface area (Å²) in [4.78, 5) is 56.7. The number of benzene rings is 3. The fourth-order valence-corrected chi connectivity index (χ4v) is 5.89. The van der Waals surface area contributed by atoms with E-state index in [2.05, 4.69) is 10.6 Å². The van der Waals surface area contributed by atoms with Crippen LogP contribution >= 0.6 is 0 Å². The van der Waals surface area contributed by atoms with E-state index in [0.717, 1.165) is 29.7 Å². The number of likely N-dealkylation sites (tertiary alicyclic amines) is 2. The van der Waals surface area contributed by atoms with E-state index in [1.54, 1.807) is 9.80 Å². The van der Waals surface area contributed by atoms with Crippen molar-refractivity contribution >= 4 is 52.8 Å². The van der Waals surface area contributed by atoms with Crippen LogP contribution in [0.3, 0.4) is 0 Å². The molecule has 2 atom stereocenters. The lowest BCUT2D eigenvalue weighted by Gasteiger charge is -2.24. The second-order valence-electron chi connectivity index (χ2n) is 11.8. The van der Waals surface area contributed by atoms with E-state index in [1.165, 1.54) is 7.11 Å². The number of nitrogens with one attached hydrogen (secondary N) is 2. The van der Waals surface area contributed by atoms with E-state index in [1.807, 2.05) is 104 Å². The van der Waals surface area contributed by atoms with Crippen molar-refractivity contribution < 1.29 is 23.9 Å². The Hall–Kier alpha value is -4.96. The molecule has 5 rings (SSSR count). The summed E-state index contributed by atoms with van der Waals surface area (Å²) < 4.78 is 4.94. The highest BCUT2D eigenvalue weighted by Gasteiger charge is 2.35. The molecule has 0 bridgehead atoms. The van der Waals surface area contributed by atoms with E-state index in [-0.39, 0.29) is 30.2 Å². The Balaban J connectivity index is 1.13. The Morgan fingerprint density at radius 1 is 0.739 bits per heavy atom. The first-order chi connectivity index (χ1) is 22.2. The van der Waals surface area contributed by atoms with Crippen molar-refractivity contribution in [3.63, 3.8) is 0 Å². The van der Waals surface area contributed by atoms with Crippen molar-refractivity contribution in [2.24, 2.45) is 0 Å². The van der Waals surface area contributed by atoms with E-state index in [0.29, 0.717) is 42.9 Å². The summed E-state index contributed by atoms with van der Waals surface area (Å²) >= 11 is 0. The lowest BCUT2D eigenvalue weighted by Crippen LogP contribution is -2.44. The number of nitrogens with zero attached hydrogens (tertiary/aromatic N) is 3. The van der Waals surface area contributed by atoms with Crippen LogP contribution in [0.25, 0.3) is 12.2 Å². The topological polar surface area (TPSA) is 111 Å². The van der Waals surface area contributed by atoms with Gasteiger partial charge in [-0.15, -0.1) is 0 Å². The number of carbonyl (C=O) groups excluding carboxylic acids is 4. The summed E-state index contributed by atoms with van der Waals surface area (Å²) in [6, 6.07) is 21.5. The van der Waals surface area contributed by atoms with Gasteiger partial charge in [-0.25, -0.2) is 0 Å². The quantitative estimate of drug-likeness (QED) is 0.316. The molecular formula is C36H41N5O5. The van der Waals surface area contributed by atoms with E-state index in [9.17, 15) is 19.2 Å². The molecule has 2 N–H and O–H groups in total. The molecule has 2 saturated heterocycles. The predicted octanol–water partition coefficient (Wildman–Crippen LogP) is 4.74. The van der Waals surface area contributed by atoms with Gasteiger partial charge >= 0.3 is 0 Å². The van der Waals surface area contributed by atoms with Crippen molar-refractivity contribution in [1.82, 2.24) is 9.80 Å². The molecule has 0 saturated carbocycles. The van der Waals surface area contributed by atoms with Gasteiger partial charge in [-0.3, -0.25) is 19.2 Å². The van der Waals surface area contributed by atoms with Crippen LogP contribution in [0.2, 0.25) is 0 Å². The molecule has 3 aromatic rings. The number of anilines is 3. The highest BCUT2D eigenvalue weighted by atomic mass is 16.5. The third kappa shape index (κ3) is 7.81. The third-order valence-corrected chi connectivity index (χ3v) is 8.42. The standard InChI is InChI=1S/C36H41N5O5/c1-39(2)30-20-14-27(15-21-30)36(45)41-23-5-7-32(41)35(44)38-29-18-12-26(13-19-29)9-8-25-10-16-28(17-11-25)37-34(43)31-6-4-22-40(31)33(42)24-46-3/h8-21,31-32H,4-7,22-24H2,1-3H3,(H,37,43)(H,38,44)/t31-,32-/m0/s1. The zero-order chi connectivity index (χ0) is 32.6. The average Bonchev–Trinajstić information content (AvgIpc) is 3.76. The lowest BCUT2D eigenvalue weighted by molar-refractivity contribution is -0.139. The van der Waals surface area contributed by atoms with Crippen molar-refractivity contribution in [2.75, 3.05) is 56.4 Å². The minimum absolute atomic E-state index is 0.0306. The van der Waals surface area contributed by atoms with E-state index >= 15 is 0 Å². The Kier molecular flexibility index (Phi) is 10.5. The van der Waals surface area contributed by atoms with E-state index in [4.69, 9.17) is 4.74 Å². The first-order valence-corrected chi connectivity index (χ1v) is 15.6. The fraction of sp³-hybridized carbons (Fsp3) is 0.333. The maximum Gasteiger partial charge on any atom is 0.254 e. The molecule has 10 heteroatoms. The van der Waals surface area contributed by atoms with Gasteiger partial charge in [-0.2, -0.15) is 0 Å². The zero-order valence-electron chi connectivity index (χ0n) is 26.6. The number of hydrogen-bond donors (Lipinski definition) is 2. The number of ether oxygens (including phenoxy) is 1. The van der Waals surface area contributed by atoms with Gasteiger partial charge in [0.1, 0.15) is 18.7 Å². The van der Waals surface area contributed by atoms with E-state index < -0.39 is 12.1 Å². The van der Waals surface area contributed by atoms with Crippen LogP contribution in [0.5, 0.6) is 0 Å². The summed E-state index contributed by atoms with van der Waals surface area (Å²) in [6.07, 6.45) is 6.77. The molecule has 2 fully saturated rings. The summed E-state index contributed by atoms with van der Waals surface area (Å²) in [5.74, 6) is -0.687. The van der Waals surface area contributed by atoms with Crippen molar-refractivity contribution in [3.05, 3.63) is 89.5 Å². The van der Waals surface area contributed by atoms with Crippen molar-refractivity contribution in [2.45, 2.75) is 37.8 Å². The molecule has 0 aliphatic carbocycles. The monoisotopic (exact) mass is 623 g/mol. The maximum atomic E-state index is 13.2. The molecule has 240 valence electrons. The molecule has 0 radical (unpaired) electrons. The van der Waals surface area contributed by atoms with Gasteiger partial charge in [-0.05, 0) is 85.3 Å². The number of rotatable bonds is 10. The van der Waals surface area contributed by atoms with Gasteiger partial charge < -0.3 is 30.1 Å².